The van der Waals surface area contributed by atoms with E-state index < -0.39 is 0 Å². The van der Waals surface area contributed by atoms with Gasteiger partial charge in [0.15, 0.2) is 22.4 Å². The smallest absolute Gasteiger partial charge is 0.191 e. The first-order chi connectivity index (χ1) is 15.2. The zero-order valence-electron chi connectivity index (χ0n) is 18.5. The molecule has 0 bridgehead atoms. The number of thiazole rings is 1. The van der Waals surface area contributed by atoms with Crippen molar-refractivity contribution in [3.8, 4) is 5.75 Å². The van der Waals surface area contributed by atoms with E-state index in [9.17, 15) is 0 Å². The molecule has 7 nitrogen and oxygen atoms in total. The van der Waals surface area contributed by atoms with Gasteiger partial charge in [-0.15, -0.1) is 11.3 Å². The minimum Gasteiger partial charge on any atom is -0.490 e. The van der Waals surface area contributed by atoms with Crippen molar-refractivity contribution in [2.24, 2.45) is 4.99 Å². The van der Waals surface area contributed by atoms with Crippen molar-refractivity contribution in [2.45, 2.75) is 39.2 Å². The minimum absolute atomic E-state index is 0.0332. The van der Waals surface area contributed by atoms with Crippen molar-refractivity contribution >= 4 is 33.4 Å². The second kappa shape index (κ2) is 10.0. The number of nitrogens with zero attached hydrogens (tertiary/aromatic N) is 3. The van der Waals surface area contributed by atoms with Gasteiger partial charge in [-0.2, -0.15) is 0 Å². The highest BCUT2D eigenvalue weighted by Crippen LogP contribution is 2.31. The Balaban J connectivity index is 1.31. The van der Waals surface area contributed by atoms with Crippen LogP contribution in [0.25, 0.3) is 11.0 Å². The number of fused-ring (bicyclic) bond motifs is 1. The molecule has 1 saturated heterocycles. The molecule has 3 heterocycles. The molecule has 0 radical (unpaired) electrons. The van der Waals surface area contributed by atoms with Gasteiger partial charge in [0.1, 0.15) is 5.76 Å². The molecule has 8 heteroatoms. The fourth-order valence-corrected chi connectivity index (χ4v) is 4.70. The number of hydrogen-bond donors (Lipinski definition) is 2. The van der Waals surface area contributed by atoms with Crippen molar-refractivity contribution in [3.05, 3.63) is 41.1 Å². The van der Waals surface area contributed by atoms with Gasteiger partial charge in [-0.1, -0.05) is 12.1 Å². The van der Waals surface area contributed by atoms with Gasteiger partial charge >= 0.3 is 0 Å². The molecule has 0 amide bonds. The Morgan fingerprint density at radius 3 is 2.97 bits per heavy atom. The fraction of sp³-hybridized carbons (Fsp3) is 0.478. The topological polar surface area (TPSA) is 74.9 Å². The Kier molecular flexibility index (Phi) is 6.96. The monoisotopic (exact) mass is 441 g/mol. The molecule has 166 valence electrons. The van der Waals surface area contributed by atoms with E-state index in [2.05, 4.69) is 38.9 Å². The van der Waals surface area contributed by atoms with Crippen LogP contribution in [0.5, 0.6) is 5.75 Å². The Labute approximate surface area is 187 Å². The molecule has 2 aromatic heterocycles. The number of furan rings is 1. The van der Waals surface area contributed by atoms with Gasteiger partial charge in [0.25, 0.3) is 0 Å². The summed E-state index contributed by atoms with van der Waals surface area (Å²) in [6.07, 6.45) is 3.41. The van der Waals surface area contributed by atoms with E-state index in [0.717, 1.165) is 65.3 Å². The zero-order valence-corrected chi connectivity index (χ0v) is 19.3. The standard InChI is InChI=1S/C23H31N5O2S/c1-4-29-19-9-7-8-17-14-20(30-21(17)19)16(2)26-22(24-3)25-11-10-18-15-31-23(27-18)28-12-5-6-13-28/h7-9,14-16H,4-6,10-13H2,1-3H3,(H2,24,25,26). The van der Waals surface area contributed by atoms with Crippen LogP contribution < -0.4 is 20.3 Å². The minimum atomic E-state index is -0.0332. The number of nitrogens with one attached hydrogen (secondary N) is 2. The molecule has 4 rings (SSSR count). The fourth-order valence-electron chi connectivity index (χ4n) is 3.78. The maximum atomic E-state index is 6.10. The SMILES string of the molecule is CCOc1cccc2cc(C(C)NC(=NC)NCCc3csc(N4CCCC4)n3)oc12. The summed E-state index contributed by atoms with van der Waals surface area (Å²) < 4.78 is 11.8. The van der Waals surface area contributed by atoms with Crippen LogP contribution in [0.3, 0.4) is 0 Å². The van der Waals surface area contributed by atoms with E-state index in [0.29, 0.717) is 6.61 Å². The van der Waals surface area contributed by atoms with Crippen LogP contribution in [0.1, 0.15) is 44.2 Å². The van der Waals surface area contributed by atoms with Gasteiger partial charge in [0, 0.05) is 43.9 Å². The summed E-state index contributed by atoms with van der Waals surface area (Å²) >= 11 is 1.74. The molecule has 31 heavy (non-hydrogen) atoms. The molecule has 0 spiro atoms. The first-order valence-corrected chi connectivity index (χ1v) is 11.9. The lowest BCUT2D eigenvalue weighted by Crippen LogP contribution is -2.39. The third kappa shape index (κ3) is 5.12. The average molecular weight is 442 g/mol. The number of benzene rings is 1. The third-order valence-corrected chi connectivity index (χ3v) is 6.37. The van der Waals surface area contributed by atoms with Gasteiger partial charge in [0.05, 0.1) is 18.3 Å². The number of hydrogen-bond acceptors (Lipinski definition) is 6. The summed E-state index contributed by atoms with van der Waals surface area (Å²) in [6, 6.07) is 7.98. The highest BCUT2D eigenvalue weighted by atomic mass is 32.1. The molecular weight excluding hydrogens is 410 g/mol. The number of para-hydroxylation sites is 1. The number of anilines is 1. The van der Waals surface area contributed by atoms with Crippen LogP contribution in [0.4, 0.5) is 5.13 Å². The lowest BCUT2D eigenvalue weighted by Gasteiger charge is -2.16. The normalized spacial score (nSPS) is 15.5. The van der Waals surface area contributed by atoms with Crippen molar-refractivity contribution in [2.75, 3.05) is 38.2 Å². The largest absolute Gasteiger partial charge is 0.490 e. The van der Waals surface area contributed by atoms with E-state index in [4.69, 9.17) is 14.1 Å². The van der Waals surface area contributed by atoms with Gasteiger partial charge in [-0.25, -0.2) is 4.98 Å². The summed E-state index contributed by atoms with van der Waals surface area (Å²) in [5.41, 5.74) is 1.91. The highest BCUT2D eigenvalue weighted by Gasteiger charge is 2.17. The number of rotatable bonds is 8. The number of ether oxygens (including phenoxy) is 1. The Hall–Kier alpha value is -2.74. The van der Waals surface area contributed by atoms with E-state index in [-0.39, 0.29) is 6.04 Å². The zero-order chi connectivity index (χ0) is 21.6. The van der Waals surface area contributed by atoms with E-state index in [1.807, 2.05) is 25.1 Å². The molecule has 2 N–H and O–H groups in total. The third-order valence-electron chi connectivity index (χ3n) is 5.42. The Morgan fingerprint density at radius 1 is 1.35 bits per heavy atom. The quantitative estimate of drug-likeness (QED) is 0.400. The maximum absolute atomic E-state index is 6.10. The van der Waals surface area contributed by atoms with Crippen LogP contribution in [-0.4, -0.2) is 44.2 Å². The van der Waals surface area contributed by atoms with Crippen LogP contribution in [-0.2, 0) is 6.42 Å². The van der Waals surface area contributed by atoms with Crippen LogP contribution in [0, 0.1) is 0 Å². The van der Waals surface area contributed by atoms with E-state index >= 15 is 0 Å². The van der Waals surface area contributed by atoms with E-state index in [1.54, 1.807) is 18.4 Å². The first kappa shape index (κ1) is 21.5. The molecule has 1 aliphatic rings. The molecule has 0 aliphatic carbocycles. The van der Waals surface area contributed by atoms with Crippen LogP contribution in [0.2, 0.25) is 0 Å². The van der Waals surface area contributed by atoms with Gasteiger partial charge < -0.3 is 24.7 Å². The van der Waals surface area contributed by atoms with Crippen molar-refractivity contribution in [3.63, 3.8) is 0 Å². The lowest BCUT2D eigenvalue weighted by molar-refractivity contribution is 0.336. The lowest BCUT2D eigenvalue weighted by atomic mass is 10.2. The van der Waals surface area contributed by atoms with Gasteiger partial charge in [-0.05, 0) is 38.8 Å². The molecule has 1 aliphatic heterocycles. The summed E-state index contributed by atoms with van der Waals surface area (Å²) in [6.45, 7) is 7.68. The number of aromatic nitrogens is 1. The summed E-state index contributed by atoms with van der Waals surface area (Å²) in [5, 5.41) is 11.2. The maximum Gasteiger partial charge on any atom is 0.191 e. The van der Waals surface area contributed by atoms with Gasteiger partial charge in [0.2, 0.25) is 0 Å². The molecule has 1 fully saturated rings. The Bertz CT molecular complexity index is 1020. The number of guanidine groups is 1. The Morgan fingerprint density at radius 2 is 2.19 bits per heavy atom. The molecule has 3 aromatic rings. The van der Waals surface area contributed by atoms with Crippen LogP contribution in [0.15, 0.2) is 39.1 Å². The summed E-state index contributed by atoms with van der Waals surface area (Å²) in [4.78, 5) is 11.5. The second-order valence-corrected chi connectivity index (χ2v) is 8.52. The van der Waals surface area contributed by atoms with Crippen molar-refractivity contribution in [1.29, 1.82) is 0 Å². The molecule has 1 unspecified atom stereocenters. The first-order valence-electron chi connectivity index (χ1n) is 11.0. The molecule has 0 saturated carbocycles. The number of aliphatic imine (C=N–C) groups is 1. The highest BCUT2D eigenvalue weighted by molar-refractivity contribution is 7.13. The predicted molar refractivity (Wildman–Crippen MR) is 128 cm³/mol. The van der Waals surface area contributed by atoms with Crippen LogP contribution >= 0.6 is 11.3 Å². The summed E-state index contributed by atoms with van der Waals surface area (Å²) in [7, 11) is 1.78. The second-order valence-electron chi connectivity index (χ2n) is 7.69. The molecule has 1 atom stereocenters. The molecule has 1 aromatic carbocycles. The average Bonchev–Trinajstić information content (AvgIpc) is 3.53. The summed E-state index contributed by atoms with van der Waals surface area (Å²) in [5.74, 6) is 2.37. The molecular formula is C23H31N5O2S. The van der Waals surface area contributed by atoms with Crippen molar-refractivity contribution in [1.82, 2.24) is 15.6 Å². The van der Waals surface area contributed by atoms with Gasteiger partial charge in [-0.3, -0.25) is 4.99 Å². The van der Waals surface area contributed by atoms with Crippen molar-refractivity contribution < 1.29 is 9.15 Å². The van der Waals surface area contributed by atoms with E-state index in [1.165, 1.54) is 12.8 Å². The predicted octanol–water partition coefficient (Wildman–Crippen LogP) is 4.36.